The van der Waals surface area contributed by atoms with Crippen molar-refractivity contribution >= 4 is 11.6 Å². The molecule has 0 unspecified atom stereocenters. The lowest BCUT2D eigenvalue weighted by Crippen LogP contribution is -2.21. The second-order valence-electron chi connectivity index (χ2n) is 5.35. The molecule has 0 bridgehead atoms. The molecule has 0 fully saturated rings. The summed E-state index contributed by atoms with van der Waals surface area (Å²) in [7, 11) is 0. The first-order valence-electron chi connectivity index (χ1n) is 7.29. The number of ketones is 2. The molecule has 24 heavy (non-hydrogen) atoms. The molecule has 0 amide bonds. The number of carbonyl (C=O) groups excluding carboxylic acids is 2. The topological polar surface area (TPSA) is 72.0 Å². The standard InChI is InChI=1S/C18H11FN2O3/c19-10-5-7-11(8-6-10)24-9-14-20-15-12-3-1-2-4-13(12)17(22)18(23)16(15)21-14/h1-8H,9H2,(H,20,21). The molecule has 2 aromatic carbocycles. The average Bonchev–Trinajstić information content (AvgIpc) is 3.04. The fourth-order valence-corrected chi connectivity index (χ4v) is 2.66. The van der Waals surface area contributed by atoms with Crippen LogP contribution in [0.4, 0.5) is 4.39 Å². The number of halogens is 1. The Balaban J connectivity index is 1.65. The van der Waals surface area contributed by atoms with E-state index in [0.29, 0.717) is 28.4 Å². The first-order chi connectivity index (χ1) is 11.6. The largest absolute Gasteiger partial charge is 0.486 e. The molecule has 0 aliphatic heterocycles. The van der Waals surface area contributed by atoms with Crippen molar-refractivity contribution in [2.45, 2.75) is 6.61 Å². The number of nitrogens with one attached hydrogen (secondary N) is 1. The monoisotopic (exact) mass is 322 g/mol. The first kappa shape index (κ1) is 14.3. The number of ether oxygens (including phenoxy) is 1. The Hall–Kier alpha value is -3.28. The van der Waals surface area contributed by atoms with Crippen LogP contribution in [-0.4, -0.2) is 21.5 Å². The van der Waals surface area contributed by atoms with Gasteiger partial charge in [0.15, 0.2) is 0 Å². The Kier molecular flexibility index (Phi) is 3.23. The summed E-state index contributed by atoms with van der Waals surface area (Å²) in [6.07, 6.45) is 0. The van der Waals surface area contributed by atoms with Crippen molar-refractivity contribution in [1.29, 1.82) is 0 Å². The summed E-state index contributed by atoms with van der Waals surface area (Å²) in [6, 6.07) is 12.5. The van der Waals surface area contributed by atoms with Crippen molar-refractivity contribution in [3.05, 3.63) is 71.4 Å². The lowest BCUT2D eigenvalue weighted by molar-refractivity contribution is 0.0812. The number of rotatable bonds is 3. The molecule has 1 aliphatic rings. The zero-order chi connectivity index (χ0) is 16.7. The van der Waals surface area contributed by atoms with Crippen LogP contribution in [0.5, 0.6) is 5.75 Å². The van der Waals surface area contributed by atoms with E-state index in [2.05, 4.69) is 9.97 Å². The molecule has 3 aromatic rings. The van der Waals surface area contributed by atoms with Gasteiger partial charge in [0.2, 0.25) is 5.78 Å². The maximum atomic E-state index is 12.9. The van der Waals surface area contributed by atoms with Crippen LogP contribution >= 0.6 is 0 Å². The van der Waals surface area contributed by atoms with Crippen LogP contribution in [-0.2, 0) is 6.61 Å². The van der Waals surface area contributed by atoms with Gasteiger partial charge >= 0.3 is 0 Å². The van der Waals surface area contributed by atoms with Crippen LogP contribution < -0.4 is 4.74 Å². The van der Waals surface area contributed by atoms with Crippen LogP contribution in [0.2, 0.25) is 0 Å². The van der Waals surface area contributed by atoms with Crippen LogP contribution in [0.3, 0.4) is 0 Å². The Morgan fingerprint density at radius 1 is 0.958 bits per heavy atom. The number of hydrogen-bond acceptors (Lipinski definition) is 4. The van der Waals surface area contributed by atoms with E-state index in [1.54, 1.807) is 24.3 Å². The lowest BCUT2D eigenvalue weighted by Gasteiger charge is -2.11. The Labute approximate surface area is 136 Å². The minimum absolute atomic E-state index is 0.0717. The highest BCUT2D eigenvalue weighted by atomic mass is 19.1. The molecular weight excluding hydrogens is 311 g/mol. The Morgan fingerprint density at radius 3 is 2.42 bits per heavy atom. The Morgan fingerprint density at radius 2 is 1.67 bits per heavy atom. The minimum atomic E-state index is -0.607. The molecule has 5 nitrogen and oxygen atoms in total. The van der Waals surface area contributed by atoms with Gasteiger partial charge in [-0.05, 0) is 24.3 Å². The fourth-order valence-electron chi connectivity index (χ4n) is 2.66. The summed E-state index contributed by atoms with van der Waals surface area (Å²) >= 11 is 0. The number of aromatic amines is 1. The van der Waals surface area contributed by atoms with Gasteiger partial charge in [-0.2, -0.15) is 0 Å². The van der Waals surface area contributed by atoms with Crippen molar-refractivity contribution in [3.63, 3.8) is 0 Å². The molecule has 1 aliphatic carbocycles. The lowest BCUT2D eigenvalue weighted by atomic mass is 9.90. The summed E-state index contributed by atoms with van der Waals surface area (Å²) in [5, 5.41) is 0. The second-order valence-corrected chi connectivity index (χ2v) is 5.35. The smallest absolute Gasteiger partial charge is 0.251 e. The van der Waals surface area contributed by atoms with E-state index in [9.17, 15) is 14.0 Å². The normalized spacial score (nSPS) is 12.7. The van der Waals surface area contributed by atoms with E-state index in [1.807, 2.05) is 0 Å². The van der Waals surface area contributed by atoms with Gasteiger partial charge in [0.25, 0.3) is 5.78 Å². The summed E-state index contributed by atoms with van der Waals surface area (Å²) in [6.45, 7) is 0.0717. The maximum Gasteiger partial charge on any atom is 0.251 e. The molecular formula is C18H11FN2O3. The fraction of sp³-hybridized carbons (Fsp3) is 0.0556. The van der Waals surface area contributed by atoms with Gasteiger partial charge in [0.05, 0.1) is 0 Å². The third-order valence-corrected chi connectivity index (χ3v) is 3.80. The number of imidazole rings is 1. The van der Waals surface area contributed by atoms with Gasteiger partial charge in [0.1, 0.15) is 35.4 Å². The average molecular weight is 322 g/mol. The third-order valence-electron chi connectivity index (χ3n) is 3.80. The van der Waals surface area contributed by atoms with Gasteiger partial charge in [-0.3, -0.25) is 9.59 Å². The minimum Gasteiger partial charge on any atom is -0.486 e. The highest BCUT2D eigenvalue weighted by Gasteiger charge is 2.33. The predicted octanol–water partition coefficient (Wildman–Crippen LogP) is 3.17. The summed E-state index contributed by atoms with van der Waals surface area (Å²) < 4.78 is 18.4. The Bertz CT molecular complexity index is 961. The van der Waals surface area contributed by atoms with E-state index in [4.69, 9.17) is 4.74 Å². The highest BCUT2D eigenvalue weighted by molar-refractivity contribution is 6.52. The zero-order valence-corrected chi connectivity index (χ0v) is 12.4. The van der Waals surface area contributed by atoms with Crippen molar-refractivity contribution in [1.82, 2.24) is 9.97 Å². The first-order valence-corrected chi connectivity index (χ1v) is 7.29. The summed E-state index contributed by atoms with van der Waals surface area (Å²) in [5.74, 6) is -0.607. The summed E-state index contributed by atoms with van der Waals surface area (Å²) in [4.78, 5) is 31.6. The van der Waals surface area contributed by atoms with Crippen LogP contribution in [0.25, 0.3) is 11.3 Å². The third kappa shape index (κ3) is 2.28. The number of nitrogens with zero attached hydrogens (tertiary/aromatic N) is 1. The van der Waals surface area contributed by atoms with E-state index < -0.39 is 11.6 Å². The van der Waals surface area contributed by atoms with Gasteiger partial charge in [-0.25, -0.2) is 9.37 Å². The maximum absolute atomic E-state index is 12.9. The second kappa shape index (κ2) is 5.42. The number of benzene rings is 2. The quantitative estimate of drug-likeness (QED) is 0.752. The molecule has 0 saturated carbocycles. The summed E-state index contributed by atoms with van der Waals surface area (Å²) in [5.41, 5.74) is 1.61. The molecule has 6 heteroatoms. The van der Waals surface area contributed by atoms with Crippen molar-refractivity contribution < 1.29 is 18.7 Å². The van der Waals surface area contributed by atoms with Gasteiger partial charge < -0.3 is 9.72 Å². The zero-order valence-electron chi connectivity index (χ0n) is 12.4. The number of Topliss-reactive ketones (excluding diaryl/α,β-unsaturated/α-hetero) is 2. The molecule has 1 heterocycles. The van der Waals surface area contributed by atoms with Crippen molar-refractivity contribution in [2.75, 3.05) is 0 Å². The van der Waals surface area contributed by atoms with E-state index in [-0.39, 0.29) is 18.1 Å². The molecule has 1 N–H and O–H groups in total. The molecule has 1 aromatic heterocycles. The van der Waals surface area contributed by atoms with E-state index >= 15 is 0 Å². The predicted molar refractivity (Wildman–Crippen MR) is 83.4 cm³/mol. The number of hydrogen-bond donors (Lipinski definition) is 1. The van der Waals surface area contributed by atoms with Crippen LogP contribution in [0.15, 0.2) is 48.5 Å². The van der Waals surface area contributed by atoms with Crippen LogP contribution in [0, 0.1) is 5.82 Å². The van der Waals surface area contributed by atoms with E-state index in [1.165, 1.54) is 24.3 Å². The number of aromatic nitrogens is 2. The molecule has 118 valence electrons. The molecule has 0 atom stereocenters. The van der Waals surface area contributed by atoms with E-state index in [0.717, 1.165) is 0 Å². The van der Waals surface area contributed by atoms with Crippen LogP contribution in [0.1, 0.15) is 26.7 Å². The van der Waals surface area contributed by atoms with Gasteiger partial charge in [0, 0.05) is 11.1 Å². The van der Waals surface area contributed by atoms with Gasteiger partial charge in [-0.15, -0.1) is 0 Å². The SMILES string of the molecule is O=C1C(=O)c2[nH]c(COc3ccc(F)cc3)nc2-c2ccccc21. The molecule has 0 spiro atoms. The van der Waals surface area contributed by atoms with Crippen molar-refractivity contribution in [2.24, 2.45) is 0 Å². The van der Waals surface area contributed by atoms with Crippen molar-refractivity contribution in [3.8, 4) is 17.0 Å². The highest BCUT2D eigenvalue weighted by Crippen LogP contribution is 2.31. The number of H-pyrrole nitrogens is 1. The molecule has 4 rings (SSSR count). The number of fused-ring (bicyclic) bond motifs is 3. The number of carbonyl (C=O) groups is 2. The molecule has 0 saturated heterocycles. The van der Waals surface area contributed by atoms with Gasteiger partial charge in [-0.1, -0.05) is 24.3 Å². The molecule has 0 radical (unpaired) electrons.